The molecule has 2 aliphatic rings. The molecule has 2 aromatic rings. The van der Waals surface area contributed by atoms with Gasteiger partial charge in [0.1, 0.15) is 0 Å². The number of aromatic nitrogens is 3. The maximum Gasteiger partial charge on any atom is 0.159 e. The van der Waals surface area contributed by atoms with Gasteiger partial charge in [0.2, 0.25) is 0 Å². The molecule has 0 bridgehead atoms. The van der Waals surface area contributed by atoms with Crippen LogP contribution >= 0.6 is 0 Å². The third-order valence-corrected chi connectivity index (χ3v) is 6.38. The highest BCUT2D eigenvalue weighted by molar-refractivity contribution is 7.91. The third-order valence-electron chi connectivity index (χ3n) is 4.63. The zero-order valence-corrected chi connectivity index (χ0v) is 13.5. The van der Waals surface area contributed by atoms with E-state index in [1.807, 2.05) is 0 Å². The van der Waals surface area contributed by atoms with Crippen molar-refractivity contribution in [1.29, 1.82) is 0 Å². The number of hydrogen-bond acceptors (Lipinski definition) is 6. The lowest BCUT2D eigenvalue weighted by molar-refractivity contribution is -0.254. The fourth-order valence-corrected chi connectivity index (χ4v) is 5.00. The lowest BCUT2D eigenvalue weighted by Gasteiger charge is -2.12. The summed E-state index contributed by atoms with van der Waals surface area (Å²) in [4.78, 5) is 16.1. The molecule has 1 aliphatic carbocycles. The van der Waals surface area contributed by atoms with Crippen molar-refractivity contribution in [2.75, 3.05) is 11.5 Å². The number of carboxylic acids is 1. The van der Waals surface area contributed by atoms with Crippen LogP contribution in [0.5, 0.6) is 0 Å². The van der Waals surface area contributed by atoms with E-state index in [-0.39, 0.29) is 29.0 Å². The van der Waals surface area contributed by atoms with Gasteiger partial charge in [0.15, 0.2) is 15.5 Å². The average molecular weight is 334 g/mol. The molecule has 0 aromatic carbocycles. The van der Waals surface area contributed by atoms with Gasteiger partial charge in [-0.25, -0.2) is 18.1 Å². The number of carboxylic acid groups (broad SMARTS) is 1. The molecule has 2 aromatic heterocycles. The Morgan fingerprint density at radius 3 is 2.65 bits per heavy atom. The number of fused-ring (bicyclic) bond motifs is 1. The number of nitrogens with zero attached hydrogens (tertiary/aromatic N) is 3. The summed E-state index contributed by atoms with van der Waals surface area (Å²) in [5.74, 6) is -0.804. The van der Waals surface area contributed by atoms with Crippen molar-refractivity contribution in [3.63, 3.8) is 0 Å². The Labute approximate surface area is 133 Å². The van der Waals surface area contributed by atoms with Crippen molar-refractivity contribution in [2.24, 2.45) is 0 Å². The monoisotopic (exact) mass is 334 g/mol. The Balaban J connectivity index is 1.94. The molecule has 1 atom stereocenters. The summed E-state index contributed by atoms with van der Waals surface area (Å²) in [6.07, 6.45) is 2.47. The van der Waals surface area contributed by atoms with Crippen molar-refractivity contribution in [1.82, 2.24) is 14.8 Å². The van der Waals surface area contributed by atoms with Crippen LogP contribution in [0.2, 0.25) is 0 Å². The number of pyridine rings is 1. The van der Waals surface area contributed by atoms with E-state index < -0.39 is 15.8 Å². The van der Waals surface area contributed by atoms with E-state index in [2.05, 4.69) is 10.1 Å². The Kier molecular flexibility index (Phi) is 3.03. The second-order valence-corrected chi connectivity index (χ2v) is 8.67. The zero-order valence-electron chi connectivity index (χ0n) is 12.7. The SMILES string of the molecule is Cc1nn([C@H]2CCS(=O)(=O)C2)c2nc(C3CC3)cc(C(=O)[O-])c12. The molecule has 1 saturated heterocycles. The first kappa shape index (κ1) is 14.6. The van der Waals surface area contributed by atoms with Crippen molar-refractivity contribution >= 4 is 26.8 Å². The van der Waals surface area contributed by atoms with Crippen LogP contribution in [0.25, 0.3) is 11.0 Å². The second-order valence-electron chi connectivity index (χ2n) is 6.44. The van der Waals surface area contributed by atoms with Crippen LogP contribution in [0, 0.1) is 6.92 Å². The number of rotatable bonds is 3. The van der Waals surface area contributed by atoms with Crippen LogP contribution in [0.15, 0.2) is 6.07 Å². The van der Waals surface area contributed by atoms with Crippen LogP contribution in [0.3, 0.4) is 0 Å². The lowest BCUT2D eigenvalue weighted by atomic mass is 10.1. The topological polar surface area (TPSA) is 105 Å². The Bertz CT molecular complexity index is 928. The minimum atomic E-state index is -3.06. The lowest BCUT2D eigenvalue weighted by Crippen LogP contribution is -2.23. The van der Waals surface area contributed by atoms with Crippen LogP contribution in [-0.2, 0) is 9.84 Å². The van der Waals surface area contributed by atoms with Crippen molar-refractivity contribution in [3.8, 4) is 0 Å². The molecule has 122 valence electrons. The van der Waals surface area contributed by atoms with Gasteiger partial charge in [-0.15, -0.1) is 0 Å². The van der Waals surface area contributed by atoms with Gasteiger partial charge in [-0.2, -0.15) is 5.10 Å². The summed E-state index contributed by atoms with van der Waals surface area (Å²) in [5, 5.41) is 16.4. The van der Waals surface area contributed by atoms with Crippen LogP contribution < -0.4 is 5.11 Å². The van der Waals surface area contributed by atoms with Gasteiger partial charge < -0.3 is 9.90 Å². The molecule has 1 aliphatic heterocycles. The number of aryl methyl sites for hydroxylation is 1. The Hall–Kier alpha value is -1.96. The van der Waals surface area contributed by atoms with E-state index in [1.54, 1.807) is 17.7 Å². The second kappa shape index (κ2) is 4.77. The summed E-state index contributed by atoms with van der Waals surface area (Å²) < 4.78 is 25.1. The van der Waals surface area contributed by atoms with Gasteiger partial charge in [-0.1, -0.05) is 0 Å². The third kappa shape index (κ3) is 2.41. The fourth-order valence-electron chi connectivity index (χ4n) is 3.30. The molecule has 0 unspecified atom stereocenters. The maximum absolute atomic E-state index is 11.8. The molecular formula is C15H16N3O4S-. The highest BCUT2D eigenvalue weighted by Gasteiger charge is 2.33. The van der Waals surface area contributed by atoms with E-state index in [4.69, 9.17) is 0 Å². The summed E-state index contributed by atoms with van der Waals surface area (Å²) in [6.45, 7) is 1.72. The first-order valence-electron chi connectivity index (χ1n) is 7.67. The molecular weight excluding hydrogens is 318 g/mol. The van der Waals surface area contributed by atoms with Gasteiger partial charge in [0.25, 0.3) is 0 Å². The van der Waals surface area contributed by atoms with E-state index >= 15 is 0 Å². The first-order valence-corrected chi connectivity index (χ1v) is 9.49. The minimum Gasteiger partial charge on any atom is -0.545 e. The fraction of sp³-hybridized carbons (Fsp3) is 0.533. The molecule has 0 spiro atoms. The highest BCUT2D eigenvalue weighted by Crippen LogP contribution is 2.41. The number of carbonyl (C=O) groups is 1. The number of aromatic carboxylic acids is 1. The quantitative estimate of drug-likeness (QED) is 0.801. The number of carbonyl (C=O) groups excluding carboxylic acids is 1. The predicted molar refractivity (Wildman–Crippen MR) is 80.9 cm³/mol. The molecule has 0 amide bonds. The standard InChI is InChI=1S/C15H17N3O4S/c1-8-13-11(15(19)20)6-12(9-2-3-9)16-14(13)18(17-8)10-4-5-23(21,22)7-10/h6,9-10H,2-5,7H2,1H3,(H,19,20)/p-1/t10-/m0/s1. The summed E-state index contributed by atoms with van der Waals surface area (Å²) >= 11 is 0. The van der Waals surface area contributed by atoms with Gasteiger partial charge in [-0.05, 0) is 32.3 Å². The average Bonchev–Trinajstić information content (AvgIpc) is 3.20. The first-order chi connectivity index (χ1) is 10.9. The van der Waals surface area contributed by atoms with Crippen LogP contribution in [0.4, 0.5) is 0 Å². The molecule has 7 nitrogen and oxygen atoms in total. The summed E-state index contributed by atoms with van der Waals surface area (Å²) in [5.41, 5.74) is 1.84. The van der Waals surface area contributed by atoms with Gasteiger partial charge in [0.05, 0.1) is 34.6 Å². The van der Waals surface area contributed by atoms with Crippen molar-refractivity contribution in [3.05, 3.63) is 23.0 Å². The van der Waals surface area contributed by atoms with Gasteiger partial charge >= 0.3 is 0 Å². The minimum absolute atomic E-state index is 0.0270. The molecule has 2 fully saturated rings. The Morgan fingerprint density at radius 1 is 1.35 bits per heavy atom. The molecule has 1 saturated carbocycles. The van der Waals surface area contributed by atoms with E-state index in [0.717, 1.165) is 18.5 Å². The molecule has 23 heavy (non-hydrogen) atoms. The van der Waals surface area contributed by atoms with Crippen molar-refractivity contribution in [2.45, 2.75) is 38.1 Å². The largest absolute Gasteiger partial charge is 0.545 e. The zero-order chi connectivity index (χ0) is 16.4. The van der Waals surface area contributed by atoms with Crippen molar-refractivity contribution < 1.29 is 18.3 Å². The Morgan fingerprint density at radius 2 is 2.09 bits per heavy atom. The molecule has 4 rings (SSSR count). The van der Waals surface area contributed by atoms with E-state index in [0.29, 0.717) is 23.1 Å². The van der Waals surface area contributed by atoms with Crippen LogP contribution in [0.1, 0.15) is 53.0 Å². The molecule has 0 N–H and O–H groups in total. The number of hydrogen-bond donors (Lipinski definition) is 0. The van der Waals surface area contributed by atoms with E-state index in [1.165, 1.54) is 0 Å². The maximum atomic E-state index is 11.8. The number of sulfone groups is 1. The summed E-state index contributed by atoms with van der Waals surface area (Å²) in [6, 6.07) is 1.30. The van der Waals surface area contributed by atoms with Gasteiger partial charge in [-0.3, -0.25) is 0 Å². The predicted octanol–water partition coefficient (Wildman–Crippen LogP) is 0.340. The smallest absolute Gasteiger partial charge is 0.159 e. The normalized spacial score (nSPS) is 23.4. The van der Waals surface area contributed by atoms with Crippen LogP contribution in [-0.4, -0.2) is 40.7 Å². The summed E-state index contributed by atoms with van der Waals surface area (Å²) in [7, 11) is -3.06. The molecule has 3 heterocycles. The van der Waals surface area contributed by atoms with Gasteiger partial charge in [0, 0.05) is 17.2 Å². The highest BCUT2D eigenvalue weighted by atomic mass is 32.2. The molecule has 0 radical (unpaired) electrons. The van der Waals surface area contributed by atoms with E-state index in [9.17, 15) is 18.3 Å². The molecule has 8 heteroatoms.